The van der Waals surface area contributed by atoms with E-state index in [1.54, 1.807) is 19.2 Å². The van der Waals surface area contributed by atoms with Crippen LogP contribution in [0.25, 0.3) is 0 Å². The van der Waals surface area contributed by atoms with Crippen molar-refractivity contribution in [2.75, 3.05) is 13.7 Å². The van der Waals surface area contributed by atoms with Gasteiger partial charge in [-0.15, -0.1) is 0 Å². The van der Waals surface area contributed by atoms with E-state index in [0.717, 1.165) is 17.9 Å². The maximum absolute atomic E-state index is 9.77. The highest BCUT2D eigenvalue weighted by Crippen LogP contribution is 2.24. The average molecular weight is 206 g/mol. The molecular weight excluding hydrogens is 192 g/mol. The maximum Gasteiger partial charge on any atom is 0.132 e. The lowest BCUT2D eigenvalue weighted by Crippen LogP contribution is -2.27. The van der Waals surface area contributed by atoms with Crippen molar-refractivity contribution in [2.24, 2.45) is 4.99 Å². The van der Waals surface area contributed by atoms with Gasteiger partial charge in [0.2, 0.25) is 0 Å². The van der Waals surface area contributed by atoms with Crippen LogP contribution in [0.15, 0.2) is 23.2 Å². The van der Waals surface area contributed by atoms with Crippen molar-refractivity contribution >= 4 is 5.84 Å². The molecule has 0 saturated carbocycles. The maximum atomic E-state index is 9.77. The molecule has 2 rings (SSSR count). The fourth-order valence-corrected chi connectivity index (χ4v) is 1.55. The summed E-state index contributed by atoms with van der Waals surface area (Å²) in [6.45, 7) is 2.80. The second-order valence-corrected chi connectivity index (χ2v) is 3.62. The molecule has 0 aromatic heterocycles. The van der Waals surface area contributed by atoms with Gasteiger partial charge in [-0.25, -0.2) is 0 Å². The van der Waals surface area contributed by atoms with E-state index in [4.69, 9.17) is 4.74 Å². The number of amidine groups is 1. The number of aromatic hydroxyl groups is 1. The highest BCUT2D eigenvalue weighted by molar-refractivity contribution is 6.02. The summed E-state index contributed by atoms with van der Waals surface area (Å²) in [4.78, 5) is 4.31. The van der Waals surface area contributed by atoms with E-state index in [1.165, 1.54) is 0 Å². The van der Waals surface area contributed by atoms with Crippen molar-refractivity contribution in [3.8, 4) is 11.5 Å². The van der Waals surface area contributed by atoms with Crippen LogP contribution in [-0.4, -0.2) is 30.6 Å². The number of aliphatic imine (C=N–C) groups is 1. The minimum absolute atomic E-state index is 0.190. The summed E-state index contributed by atoms with van der Waals surface area (Å²) in [5.74, 6) is 1.58. The van der Waals surface area contributed by atoms with Crippen LogP contribution in [0.5, 0.6) is 11.5 Å². The largest absolute Gasteiger partial charge is 0.507 e. The minimum atomic E-state index is 0.190. The van der Waals surface area contributed by atoms with E-state index in [2.05, 4.69) is 17.2 Å². The third-order valence-corrected chi connectivity index (χ3v) is 2.37. The minimum Gasteiger partial charge on any atom is -0.507 e. The molecule has 80 valence electrons. The number of hydrogen-bond acceptors (Lipinski definition) is 4. The topological polar surface area (TPSA) is 53.8 Å². The Kier molecular flexibility index (Phi) is 2.49. The number of rotatable bonds is 2. The average Bonchev–Trinajstić information content (AvgIpc) is 2.64. The number of phenolic OH excluding ortho intramolecular Hbond substituents is 1. The van der Waals surface area contributed by atoms with Crippen LogP contribution in [0.1, 0.15) is 12.5 Å². The van der Waals surface area contributed by atoms with Crippen LogP contribution in [0.3, 0.4) is 0 Å². The van der Waals surface area contributed by atoms with E-state index in [0.29, 0.717) is 11.8 Å². The van der Waals surface area contributed by atoms with E-state index in [9.17, 15) is 5.11 Å². The summed E-state index contributed by atoms with van der Waals surface area (Å²) in [5, 5.41) is 13.0. The second-order valence-electron chi connectivity index (χ2n) is 3.62. The number of nitrogens with one attached hydrogen (secondary N) is 1. The Morgan fingerprint density at radius 2 is 2.33 bits per heavy atom. The first-order valence-corrected chi connectivity index (χ1v) is 4.89. The summed E-state index contributed by atoms with van der Waals surface area (Å²) >= 11 is 0. The van der Waals surface area contributed by atoms with Gasteiger partial charge in [-0.3, -0.25) is 4.99 Å². The normalized spacial score (nSPS) is 19.6. The first-order valence-electron chi connectivity index (χ1n) is 4.89. The highest BCUT2D eigenvalue weighted by atomic mass is 16.5. The fraction of sp³-hybridized carbons (Fsp3) is 0.364. The Morgan fingerprint density at radius 1 is 1.53 bits per heavy atom. The molecule has 0 spiro atoms. The molecule has 0 amide bonds. The van der Waals surface area contributed by atoms with Crippen LogP contribution >= 0.6 is 0 Å². The van der Waals surface area contributed by atoms with Crippen molar-refractivity contribution in [2.45, 2.75) is 13.0 Å². The van der Waals surface area contributed by atoms with Crippen LogP contribution in [-0.2, 0) is 0 Å². The Morgan fingerprint density at radius 3 is 2.87 bits per heavy atom. The van der Waals surface area contributed by atoms with E-state index < -0.39 is 0 Å². The number of benzene rings is 1. The first-order chi connectivity index (χ1) is 7.20. The number of nitrogens with zero attached hydrogens (tertiary/aromatic N) is 1. The molecule has 1 atom stereocenters. The molecule has 0 saturated heterocycles. The molecule has 1 aliphatic rings. The second kappa shape index (κ2) is 3.81. The van der Waals surface area contributed by atoms with Crippen LogP contribution in [0, 0.1) is 0 Å². The first kappa shape index (κ1) is 9.83. The summed E-state index contributed by atoms with van der Waals surface area (Å²) in [6, 6.07) is 5.53. The zero-order valence-corrected chi connectivity index (χ0v) is 8.82. The standard InChI is InChI=1S/C11H14N2O2/c1-7-6-12-11(13-7)9-4-3-8(15-2)5-10(9)14/h3-5,7,14H,6H2,1-2H3,(H,12,13). The Labute approximate surface area is 88.6 Å². The predicted octanol–water partition coefficient (Wildman–Crippen LogP) is 1.14. The molecule has 0 aliphatic carbocycles. The molecule has 0 bridgehead atoms. The molecule has 1 aromatic rings. The van der Waals surface area contributed by atoms with Gasteiger partial charge in [0.25, 0.3) is 0 Å². The van der Waals surface area contributed by atoms with Gasteiger partial charge in [-0.2, -0.15) is 0 Å². The number of methoxy groups -OCH3 is 1. The van der Waals surface area contributed by atoms with Gasteiger partial charge in [0, 0.05) is 12.1 Å². The SMILES string of the molecule is COc1ccc(C2=NCC(C)N2)c(O)c1. The fourth-order valence-electron chi connectivity index (χ4n) is 1.55. The lowest BCUT2D eigenvalue weighted by Gasteiger charge is -2.08. The van der Waals surface area contributed by atoms with Crippen molar-refractivity contribution in [1.29, 1.82) is 0 Å². The molecule has 1 aliphatic heterocycles. The highest BCUT2D eigenvalue weighted by Gasteiger charge is 2.17. The molecule has 0 radical (unpaired) electrons. The summed E-state index contributed by atoms with van der Waals surface area (Å²) in [7, 11) is 1.57. The zero-order valence-electron chi connectivity index (χ0n) is 8.82. The van der Waals surface area contributed by atoms with Crippen LogP contribution in [0.4, 0.5) is 0 Å². The van der Waals surface area contributed by atoms with Crippen molar-refractivity contribution in [1.82, 2.24) is 5.32 Å². The molecule has 1 unspecified atom stereocenters. The van der Waals surface area contributed by atoms with Gasteiger partial charge in [0.05, 0.1) is 19.2 Å². The van der Waals surface area contributed by atoms with Gasteiger partial charge < -0.3 is 15.2 Å². The van der Waals surface area contributed by atoms with Gasteiger partial charge in [0.1, 0.15) is 17.3 Å². The molecule has 15 heavy (non-hydrogen) atoms. The molecule has 1 aromatic carbocycles. The van der Waals surface area contributed by atoms with Gasteiger partial charge in [-0.1, -0.05) is 0 Å². The molecular formula is C11H14N2O2. The summed E-state index contributed by atoms with van der Waals surface area (Å²) in [6.07, 6.45) is 0. The van der Waals surface area contributed by atoms with Crippen LogP contribution < -0.4 is 10.1 Å². The molecule has 0 fully saturated rings. The van der Waals surface area contributed by atoms with Crippen molar-refractivity contribution in [3.63, 3.8) is 0 Å². The Balaban J connectivity index is 2.29. The predicted molar refractivity (Wildman–Crippen MR) is 58.7 cm³/mol. The Hall–Kier alpha value is -1.71. The monoisotopic (exact) mass is 206 g/mol. The molecule has 4 nitrogen and oxygen atoms in total. The lowest BCUT2D eigenvalue weighted by molar-refractivity contribution is 0.407. The van der Waals surface area contributed by atoms with Crippen molar-refractivity contribution < 1.29 is 9.84 Å². The van der Waals surface area contributed by atoms with E-state index in [-0.39, 0.29) is 5.75 Å². The molecule has 2 N–H and O–H groups in total. The van der Waals surface area contributed by atoms with Crippen molar-refractivity contribution in [3.05, 3.63) is 23.8 Å². The summed E-state index contributed by atoms with van der Waals surface area (Å²) < 4.78 is 5.01. The molecule has 1 heterocycles. The van der Waals surface area contributed by atoms with E-state index >= 15 is 0 Å². The van der Waals surface area contributed by atoms with Gasteiger partial charge in [-0.05, 0) is 19.1 Å². The quantitative estimate of drug-likeness (QED) is 0.763. The third kappa shape index (κ3) is 1.88. The van der Waals surface area contributed by atoms with E-state index in [1.807, 2.05) is 6.07 Å². The summed E-state index contributed by atoms with van der Waals surface area (Å²) in [5.41, 5.74) is 0.722. The number of hydrogen-bond donors (Lipinski definition) is 2. The Bertz CT molecular complexity index is 402. The number of ether oxygens (including phenoxy) is 1. The third-order valence-electron chi connectivity index (χ3n) is 2.37. The number of phenols is 1. The molecule has 4 heteroatoms. The zero-order chi connectivity index (χ0) is 10.8. The van der Waals surface area contributed by atoms with Crippen LogP contribution in [0.2, 0.25) is 0 Å². The van der Waals surface area contributed by atoms with Gasteiger partial charge in [0.15, 0.2) is 0 Å². The smallest absolute Gasteiger partial charge is 0.132 e. The van der Waals surface area contributed by atoms with Gasteiger partial charge >= 0.3 is 0 Å². The lowest BCUT2D eigenvalue weighted by atomic mass is 10.1.